The van der Waals surface area contributed by atoms with Gasteiger partial charge in [-0.3, -0.25) is 9.59 Å². The quantitative estimate of drug-likeness (QED) is 0.719. The Morgan fingerprint density at radius 3 is 2.69 bits per heavy atom. The lowest BCUT2D eigenvalue weighted by molar-refractivity contribution is -0.145. The molecule has 2 fully saturated rings. The number of carbonyl (C=O) groups is 2. The van der Waals surface area contributed by atoms with E-state index in [-0.39, 0.29) is 17.2 Å². The molecule has 1 saturated carbocycles. The lowest BCUT2D eigenvalue weighted by atomic mass is 9.81. The molecule has 1 heterocycles. The summed E-state index contributed by atoms with van der Waals surface area (Å²) < 4.78 is 0. The second-order valence-corrected chi connectivity index (χ2v) is 5.83. The lowest BCUT2D eigenvalue weighted by Crippen LogP contribution is -2.54. The first-order valence-electron chi connectivity index (χ1n) is 6.31. The minimum Gasteiger partial charge on any atom is -0.330 e. The molecule has 0 aromatic heterocycles. The molecule has 1 saturated heterocycles. The maximum absolute atomic E-state index is 12.1. The summed E-state index contributed by atoms with van der Waals surface area (Å²) in [4.78, 5) is 25.4. The van der Waals surface area contributed by atoms with Gasteiger partial charge in [0.15, 0.2) is 5.78 Å². The zero-order valence-corrected chi connectivity index (χ0v) is 10.3. The molecule has 3 nitrogen and oxygen atoms in total. The van der Waals surface area contributed by atoms with Gasteiger partial charge in [-0.05, 0) is 39.0 Å². The molecule has 0 spiro atoms. The molecule has 1 amide bonds. The molecule has 2 aliphatic rings. The van der Waals surface area contributed by atoms with Crippen LogP contribution in [-0.2, 0) is 9.59 Å². The van der Waals surface area contributed by atoms with Gasteiger partial charge in [0.25, 0.3) is 0 Å². The van der Waals surface area contributed by atoms with Crippen molar-refractivity contribution < 1.29 is 9.59 Å². The Hall–Kier alpha value is -0.860. The molecule has 90 valence electrons. The number of Topliss-reactive ketones (excluding diaryl/α,β-unsaturated/α-hetero) is 1. The minimum absolute atomic E-state index is 0.130. The molecule has 2 rings (SSSR count). The number of hydrogen-bond donors (Lipinski definition) is 0. The van der Waals surface area contributed by atoms with Crippen LogP contribution in [0.4, 0.5) is 0 Å². The summed E-state index contributed by atoms with van der Waals surface area (Å²) in [6, 6.07) is 0. The van der Waals surface area contributed by atoms with Crippen LogP contribution in [0, 0.1) is 5.92 Å². The van der Waals surface area contributed by atoms with Crippen LogP contribution in [0.3, 0.4) is 0 Å². The molecule has 1 aliphatic carbocycles. The highest BCUT2D eigenvalue weighted by atomic mass is 16.2. The standard InChI is InChI=1S/C13H21NO2/c1-13(2)7-6-11(15)9-14(13)12(16)8-10-4-3-5-10/h10H,3-9H2,1-2H3. The number of nitrogens with zero attached hydrogens (tertiary/aromatic N) is 1. The Morgan fingerprint density at radius 2 is 2.12 bits per heavy atom. The van der Waals surface area contributed by atoms with Gasteiger partial charge in [-0.1, -0.05) is 6.42 Å². The second kappa shape index (κ2) is 4.19. The van der Waals surface area contributed by atoms with Crippen molar-refractivity contribution >= 4 is 11.7 Å². The van der Waals surface area contributed by atoms with E-state index in [2.05, 4.69) is 13.8 Å². The highest BCUT2D eigenvalue weighted by molar-refractivity contribution is 5.88. The van der Waals surface area contributed by atoms with E-state index in [1.165, 1.54) is 19.3 Å². The number of rotatable bonds is 2. The van der Waals surface area contributed by atoms with E-state index in [1.54, 1.807) is 4.90 Å². The first-order chi connectivity index (χ1) is 7.49. The minimum atomic E-state index is -0.130. The zero-order valence-electron chi connectivity index (χ0n) is 10.3. The Morgan fingerprint density at radius 1 is 1.44 bits per heavy atom. The molecule has 0 N–H and O–H groups in total. The van der Waals surface area contributed by atoms with E-state index in [9.17, 15) is 9.59 Å². The Labute approximate surface area is 97.2 Å². The van der Waals surface area contributed by atoms with Crippen LogP contribution in [0.2, 0.25) is 0 Å². The van der Waals surface area contributed by atoms with Gasteiger partial charge in [0.2, 0.25) is 5.91 Å². The largest absolute Gasteiger partial charge is 0.330 e. The molecule has 1 aliphatic heterocycles. The van der Waals surface area contributed by atoms with Crippen molar-refractivity contribution in [3.8, 4) is 0 Å². The zero-order chi connectivity index (χ0) is 11.8. The van der Waals surface area contributed by atoms with E-state index in [0.717, 1.165) is 6.42 Å². The van der Waals surface area contributed by atoms with Crippen molar-refractivity contribution in [3.63, 3.8) is 0 Å². The molecule has 0 atom stereocenters. The molecule has 0 aromatic carbocycles. The molecule has 3 heteroatoms. The van der Waals surface area contributed by atoms with Crippen LogP contribution in [0.25, 0.3) is 0 Å². The highest BCUT2D eigenvalue weighted by Gasteiger charge is 2.37. The van der Waals surface area contributed by atoms with Gasteiger partial charge >= 0.3 is 0 Å². The molecular formula is C13H21NO2. The van der Waals surface area contributed by atoms with Crippen molar-refractivity contribution in [3.05, 3.63) is 0 Å². The Kier molecular flexibility index (Phi) is 3.04. The smallest absolute Gasteiger partial charge is 0.223 e. The number of carbonyl (C=O) groups excluding carboxylic acids is 2. The van der Waals surface area contributed by atoms with Gasteiger partial charge in [0.1, 0.15) is 0 Å². The van der Waals surface area contributed by atoms with Crippen molar-refractivity contribution in [1.82, 2.24) is 4.90 Å². The van der Waals surface area contributed by atoms with E-state index < -0.39 is 0 Å². The van der Waals surface area contributed by atoms with Crippen molar-refractivity contribution in [2.45, 2.75) is 57.9 Å². The normalized spacial score (nSPS) is 25.4. The van der Waals surface area contributed by atoms with Gasteiger partial charge in [0.05, 0.1) is 6.54 Å². The van der Waals surface area contributed by atoms with Gasteiger partial charge in [0, 0.05) is 18.4 Å². The van der Waals surface area contributed by atoms with E-state index in [1.807, 2.05) is 0 Å². The van der Waals surface area contributed by atoms with Crippen LogP contribution in [-0.4, -0.2) is 28.7 Å². The van der Waals surface area contributed by atoms with Crippen molar-refractivity contribution in [1.29, 1.82) is 0 Å². The van der Waals surface area contributed by atoms with Gasteiger partial charge in [-0.25, -0.2) is 0 Å². The van der Waals surface area contributed by atoms with Gasteiger partial charge in [-0.2, -0.15) is 0 Å². The predicted octanol–water partition coefficient (Wildman–Crippen LogP) is 2.15. The maximum atomic E-state index is 12.1. The summed E-state index contributed by atoms with van der Waals surface area (Å²) in [6.45, 7) is 4.47. The highest BCUT2D eigenvalue weighted by Crippen LogP contribution is 2.32. The fourth-order valence-electron chi connectivity index (χ4n) is 2.53. The third kappa shape index (κ3) is 2.28. The number of likely N-dealkylation sites (tertiary alicyclic amines) is 1. The second-order valence-electron chi connectivity index (χ2n) is 5.83. The van der Waals surface area contributed by atoms with Crippen LogP contribution in [0.15, 0.2) is 0 Å². The summed E-state index contributed by atoms with van der Waals surface area (Å²) in [5.74, 6) is 0.976. The van der Waals surface area contributed by atoms with E-state index >= 15 is 0 Å². The summed E-state index contributed by atoms with van der Waals surface area (Å²) in [5.41, 5.74) is -0.130. The fraction of sp³-hybridized carbons (Fsp3) is 0.846. The SMILES string of the molecule is CC1(C)CCC(=O)CN1C(=O)CC1CCC1. The average molecular weight is 223 g/mol. The summed E-state index contributed by atoms with van der Waals surface area (Å²) in [7, 11) is 0. The van der Waals surface area contributed by atoms with Crippen LogP contribution < -0.4 is 0 Å². The number of hydrogen-bond acceptors (Lipinski definition) is 2. The van der Waals surface area contributed by atoms with E-state index in [4.69, 9.17) is 0 Å². The Bertz CT molecular complexity index is 305. The molecule has 0 radical (unpaired) electrons. The predicted molar refractivity (Wildman–Crippen MR) is 62.0 cm³/mol. The summed E-state index contributed by atoms with van der Waals surface area (Å²) in [6.07, 6.45) is 5.72. The maximum Gasteiger partial charge on any atom is 0.223 e. The van der Waals surface area contributed by atoms with Crippen molar-refractivity contribution in [2.75, 3.05) is 6.54 Å². The summed E-state index contributed by atoms with van der Waals surface area (Å²) >= 11 is 0. The first kappa shape index (κ1) is 11.6. The topological polar surface area (TPSA) is 37.4 Å². The molecule has 0 unspecified atom stereocenters. The molecular weight excluding hydrogens is 202 g/mol. The number of ketones is 1. The molecule has 16 heavy (non-hydrogen) atoms. The fourth-order valence-corrected chi connectivity index (χ4v) is 2.53. The third-order valence-corrected chi connectivity index (χ3v) is 4.07. The Balaban J connectivity index is 1.98. The van der Waals surface area contributed by atoms with E-state index in [0.29, 0.717) is 25.3 Å². The van der Waals surface area contributed by atoms with Gasteiger partial charge in [-0.15, -0.1) is 0 Å². The lowest BCUT2D eigenvalue weighted by Gasteiger charge is -2.42. The van der Waals surface area contributed by atoms with Crippen molar-refractivity contribution in [2.24, 2.45) is 5.92 Å². The monoisotopic (exact) mass is 223 g/mol. The number of piperidine rings is 1. The van der Waals surface area contributed by atoms with Crippen LogP contribution in [0.1, 0.15) is 52.4 Å². The van der Waals surface area contributed by atoms with Crippen LogP contribution >= 0.6 is 0 Å². The third-order valence-electron chi connectivity index (χ3n) is 4.07. The average Bonchev–Trinajstić information content (AvgIpc) is 2.15. The molecule has 0 aromatic rings. The first-order valence-corrected chi connectivity index (χ1v) is 6.31. The molecule has 0 bridgehead atoms. The summed E-state index contributed by atoms with van der Waals surface area (Å²) in [5, 5.41) is 0. The number of amides is 1. The van der Waals surface area contributed by atoms with Crippen LogP contribution in [0.5, 0.6) is 0 Å². The van der Waals surface area contributed by atoms with Gasteiger partial charge < -0.3 is 4.90 Å².